The van der Waals surface area contributed by atoms with E-state index >= 15 is 0 Å². The Kier molecular flexibility index (Phi) is 1.29. The predicted molar refractivity (Wildman–Crippen MR) is 40.2 cm³/mol. The third kappa shape index (κ3) is 0.952. The average molecular weight is 170 g/mol. The number of H-pyrrole nitrogens is 2. The first kappa shape index (κ1) is 6.54. The zero-order valence-corrected chi connectivity index (χ0v) is 6.61. The Morgan fingerprint density at radius 1 is 1.55 bits per heavy atom. The molecule has 0 aliphatic carbocycles. The van der Waals surface area contributed by atoms with Crippen LogP contribution in [-0.2, 0) is 0 Å². The van der Waals surface area contributed by atoms with E-state index in [0.717, 1.165) is 16.9 Å². The molecule has 2 rings (SSSR count). The molecular weight excluding hydrogens is 164 g/mol. The van der Waals surface area contributed by atoms with Gasteiger partial charge in [-0.15, -0.1) is 0 Å². The molecule has 0 aliphatic heterocycles. The number of aromatic nitrogens is 4. The molecule has 0 unspecified atom stereocenters. The summed E-state index contributed by atoms with van der Waals surface area (Å²) in [7, 11) is 0. The second-order valence-corrected chi connectivity index (χ2v) is 2.57. The van der Waals surface area contributed by atoms with Gasteiger partial charge in [0.25, 0.3) is 5.28 Å². The normalized spacial score (nSPS) is 10.7. The van der Waals surface area contributed by atoms with Crippen LogP contribution in [0, 0.1) is 6.92 Å². The fourth-order valence-electron chi connectivity index (χ4n) is 0.993. The first-order chi connectivity index (χ1) is 5.27. The Morgan fingerprint density at radius 2 is 2.36 bits per heavy atom. The highest BCUT2D eigenvalue weighted by Crippen LogP contribution is 2.09. The number of fused-ring (bicyclic) bond motifs is 1. The summed E-state index contributed by atoms with van der Waals surface area (Å²) in [6, 6.07) is 0. The van der Waals surface area contributed by atoms with Crippen molar-refractivity contribution in [3.8, 4) is 0 Å². The molecule has 2 heterocycles. The lowest BCUT2D eigenvalue weighted by Gasteiger charge is -1.86. The molecular formula is C6H6ClN4+. The zero-order valence-electron chi connectivity index (χ0n) is 5.85. The number of hydrogen-bond acceptors (Lipinski definition) is 2. The standard InChI is InChI=1S/C6H5ClN4/c1-3-4-5(9-2-8-4)11-6(7)10-3/h2H,1H3,(H,8,9,10,11)/p+1. The van der Waals surface area contributed by atoms with Crippen LogP contribution in [0.4, 0.5) is 0 Å². The molecule has 5 heteroatoms. The van der Waals surface area contributed by atoms with E-state index < -0.39 is 0 Å². The average Bonchev–Trinajstić information content (AvgIpc) is 2.34. The van der Waals surface area contributed by atoms with Gasteiger partial charge in [0.05, 0.1) is 5.69 Å². The first-order valence-corrected chi connectivity index (χ1v) is 3.54. The van der Waals surface area contributed by atoms with Gasteiger partial charge in [0.2, 0.25) is 0 Å². The maximum Gasteiger partial charge on any atom is 0.304 e. The van der Waals surface area contributed by atoms with Gasteiger partial charge in [0.1, 0.15) is 0 Å². The molecule has 0 bridgehead atoms. The largest absolute Gasteiger partial charge is 0.304 e. The molecule has 2 aromatic rings. The number of halogens is 1. The zero-order chi connectivity index (χ0) is 7.84. The summed E-state index contributed by atoms with van der Waals surface area (Å²) in [5, 5.41) is 0.269. The van der Waals surface area contributed by atoms with E-state index in [1.165, 1.54) is 0 Å². The van der Waals surface area contributed by atoms with E-state index in [-0.39, 0.29) is 5.28 Å². The van der Waals surface area contributed by atoms with Crippen molar-refractivity contribution < 1.29 is 4.98 Å². The summed E-state index contributed by atoms with van der Waals surface area (Å²) >= 11 is 5.62. The Morgan fingerprint density at radius 3 is 3.18 bits per heavy atom. The van der Waals surface area contributed by atoms with Gasteiger partial charge in [-0.25, -0.2) is 9.97 Å². The number of rotatable bonds is 0. The van der Waals surface area contributed by atoms with E-state index in [0.29, 0.717) is 0 Å². The second-order valence-electron chi connectivity index (χ2n) is 2.23. The van der Waals surface area contributed by atoms with Gasteiger partial charge in [-0.05, 0) is 18.5 Å². The van der Waals surface area contributed by atoms with Crippen LogP contribution in [0.5, 0.6) is 0 Å². The van der Waals surface area contributed by atoms with E-state index in [2.05, 4.69) is 19.9 Å². The minimum absolute atomic E-state index is 0.269. The highest BCUT2D eigenvalue weighted by atomic mass is 35.5. The molecule has 0 aromatic carbocycles. The predicted octanol–water partition coefficient (Wildman–Crippen LogP) is 0.734. The lowest BCUT2D eigenvalue weighted by Crippen LogP contribution is -1.99. The number of imidazole rings is 1. The topological polar surface area (TPSA) is 55.7 Å². The number of nitrogens with zero attached hydrogens (tertiary/aromatic N) is 2. The number of aromatic amines is 2. The van der Waals surface area contributed by atoms with Crippen LogP contribution in [0.2, 0.25) is 5.28 Å². The highest BCUT2D eigenvalue weighted by Gasteiger charge is 2.10. The molecule has 0 aliphatic rings. The summed E-state index contributed by atoms with van der Waals surface area (Å²) in [6.45, 7) is 1.88. The fourth-order valence-corrected chi connectivity index (χ4v) is 1.20. The number of aryl methyl sites for hydroxylation is 1. The van der Waals surface area contributed by atoms with Crippen LogP contribution in [0.3, 0.4) is 0 Å². The van der Waals surface area contributed by atoms with E-state index in [1.54, 1.807) is 6.33 Å². The lowest BCUT2D eigenvalue weighted by atomic mass is 10.4. The summed E-state index contributed by atoms with van der Waals surface area (Å²) < 4.78 is 0. The third-order valence-electron chi connectivity index (χ3n) is 1.49. The SMILES string of the molecule is Cc1nc(Cl)nc2[nH+]c[nH]c12. The molecule has 2 N–H and O–H groups in total. The Hall–Kier alpha value is -1.16. The van der Waals surface area contributed by atoms with Gasteiger partial charge in [-0.2, -0.15) is 0 Å². The lowest BCUT2D eigenvalue weighted by molar-refractivity contribution is -0.347. The summed E-state index contributed by atoms with van der Waals surface area (Å²) in [5.74, 6) is 0. The van der Waals surface area contributed by atoms with Crippen molar-refractivity contribution in [1.29, 1.82) is 0 Å². The molecule has 0 radical (unpaired) electrons. The van der Waals surface area contributed by atoms with Gasteiger partial charge in [-0.1, -0.05) is 4.98 Å². The monoisotopic (exact) mass is 169 g/mol. The fraction of sp³-hybridized carbons (Fsp3) is 0.167. The van der Waals surface area contributed by atoms with Crippen LogP contribution >= 0.6 is 11.6 Å². The molecule has 4 nitrogen and oxygen atoms in total. The van der Waals surface area contributed by atoms with Crippen molar-refractivity contribution in [3.63, 3.8) is 0 Å². The Bertz CT molecular complexity index is 394. The highest BCUT2D eigenvalue weighted by molar-refractivity contribution is 6.28. The van der Waals surface area contributed by atoms with Crippen molar-refractivity contribution in [2.75, 3.05) is 0 Å². The number of nitrogens with one attached hydrogen (secondary N) is 2. The Labute approximate surface area is 67.6 Å². The summed E-state index contributed by atoms with van der Waals surface area (Å²) in [6.07, 6.45) is 1.70. The minimum Gasteiger partial charge on any atom is -0.273 e. The van der Waals surface area contributed by atoms with Crippen molar-refractivity contribution in [2.24, 2.45) is 0 Å². The summed E-state index contributed by atoms with van der Waals surface area (Å²) in [5.41, 5.74) is 2.48. The first-order valence-electron chi connectivity index (χ1n) is 3.16. The van der Waals surface area contributed by atoms with Crippen LogP contribution in [-0.4, -0.2) is 15.0 Å². The minimum atomic E-state index is 0.269. The molecule has 0 amide bonds. The molecule has 0 atom stereocenters. The van der Waals surface area contributed by atoms with Crippen LogP contribution in [0.25, 0.3) is 11.2 Å². The maximum absolute atomic E-state index is 5.62. The van der Waals surface area contributed by atoms with Crippen LogP contribution in [0.1, 0.15) is 5.69 Å². The van der Waals surface area contributed by atoms with Crippen molar-refractivity contribution in [1.82, 2.24) is 15.0 Å². The second kappa shape index (κ2) is 2.17. The van der Waals surface area contributed by atoms with Gasteiger partial charge < -0.3 is 0 Å². The van der Waals surface area contributed by atoms with E-state index in [4.69, 9.17) is 11.6 Å². The smallest absolute Gasteiger partial charge is 0.273 e. The van der Waals surface area contributed by atoms with Crippen LogP contribution < -0.4 is 4.98 Å². The molecule has 11 heavy (non-hydrogen) atoms. The van der Waals surface area contributed by atoms with Crippen molar-refractivity contribution in [2.45, 2.75) is 6.92 Å². The van der Waals surface area contributed by atoms with Gasteiger partial charge >= 0.3 is 5.65 Å². The van der Waals surface area contributed by atoms with Gasteiger partial charge in [-0.3, -0.25) is 4.98 Å². The quantitative estimate of drug-likeness (QED) is 0.592. The van der Waals surface area contributed by atoms with Gasteiger partial charge in [0, 0.05) is 0 Å². The van der Waals surface area contributed by atoms with E-state index in [1.807, 2.05) is 6.92 Å². The third-order valence-corrected chi connectivity index (χ3v) is 1.66. The molecule has 0 spiro atoms. The van der Waals surface area contributed by atoms with E-state index in [9.17, 15) is 0 Å². The molecule has 0 saturated heterocycles. The van der Waals surface area contributed by atoms with Gasteiger partial charge in [0.15, 0.2) is 11.8 Å². The van der Waals surface area contributed by atoms with Crippen LogP contribution in [0.15, 0.2) is 6.33 Å². The molecule has 0 fully saturated rings. The maximum atomic E-state index is 5.62. The van der Waals surface area contributed by atoms with Crippen molar-refractivity contribution >= 4 is 22.8 Å². The number of hydrogen-bond donors (Lipinski definition) is 1. The molecule has 56 valence electrons. The molecule has 0 saturated carbocycles. The molecule has 2 aromatic heterocycles. The Balaban J connectivity index is 2.91. The summed E-state index contributed by atoms with van der Waals surface area (Å²) in [4.78, 5) is 13.8. The van der Waals surface area contributed by atoms with Crippen molar-refractivity contribution in [3.05, 3.63) is 17.3 Å².